The fourth-order valence-electron chi connectivity index (χ4n) is 1.54. The van der Waals surface area contributed by atoms with Gasteiger partial charge in [-0.3, -0.25) is 4.79 Å². The molecule has 17 heavy (non-hydrogen) atoms. The second kappa shape index (κ2) is 5.82. The number of rotatable bonds is 4. The van der Waals surface area contributed by atoms with Crippen molar-refractivity contribution >= 4 is 24.2 Å². The number of ether oxygens (including phenoxy) is 2. The number of aryl methyl sites for hydroxylation is 1. The molecule has 0 spiro atoms. The molecule has 0 radical (unpaired) electrons. The molecule has 1 rings (SSSR count). The maximum Gasteiger partial charge on any atom is 0.236 e. The van der Waals surface area contributed by atoms with Crippen LogP contribution in [0.25, 0.3) is 0 Å². The van der Waals surface area contributed by atoms with Gasteiger partial charge in [0.2, 0.25) is 5.91 Å². The zero-order valence-corrected chi connectivity index (χ0v) is 11.4. The van der Waals surface area contributed by atoms with E-state index in [1.165, 1.54) is 4.90 Å². The summed E-state index contributed by atoms with van der Waals surface area (Å²) in [5, 5.41) is 0. The number of anilines is 1. The Morgan fingerprint density at radius 1 is 1.29 bits per heavy atom. The van der Waals surface area contributed by atoms with Gasteiger partial charge in [-0.05, 0) is 18.6 Å². The molecule has 0 aliphatic heterocycles. The van der Waals surface area contributed by atoms with E-state index in [-0.39, 0.29) is 11.7 Å². The molecule has 0 saturated heterocycles. The molecule has 0 unspecified atom stereocenters. The number of benzene rings is 1. The third-order valence-electron chi connectivity index (χ3n) is 2.57. The third-order valence-corrected chi connectivity index (χ3v) is 2.84. The summed E-state index contributed by atoms with van der Waals surface area (Å²) in [5.74, 6) is 1.41. The summed E-state index contributed by atoms with van der Waals surface area (Å²) < 4.78 is 10.5. The maximum atomic E-state index is 11.6. The fourth-order valence-corrected chi connectivity index (χ4v) is 1.75. The van der Waals surface area contributed by atoms with E-state index in [9.17, 15) is 4.79 Å². The molecule has 0 aromatic heterocycles. The number of carbonyl (C=O) groups excluding carboxylic acids is 1. The Morgan fingerprint density at radius 2 is 1.88 bits per heavy atom. The molecule has 1 amide bonds. The fraction of sp³-hybridized carbons (Fsp3) is 0.417. The molecule has 0 bridgehead atoms. The molecule has 0 N–H and O–H groups in total. The summed E-state index contributed by atoms with van der Waals surface area (Å²) in [4.78, 5) is 13.1. The van der Waals surface area contributed by atoms with Gasteiger partial charge >= 0.3 is 0 Å². The third kappa shape index (κ3) is 2.85. The Balaban J connectivity index is 3.25. The van der Waals surface area contributed by atoms with E-state index in [1.807, 2.05) is 13.0 Å². The number of thiol groups is 1. The van der Waals surface area contributed by atoms with E-state index >= 15 is 0 Å². The van der Waals surface area contributed by atoms with Crippen LogP contribution in [0.15, 0.2) is 12.1 Å². The minimum absolute atomic E-state index is 0.0995. The molecule has 1 aromatic rings. The highest BCUT2D eigenvalue weighted by atomic mass is 32.1. The van der Waals surface area contributed by atoms with Crippen LogP contribution in [0.3, 0.4) is 0 Å². The number of hydrogen-bond donors (Lipinski definition) is 1. The van der Waals surface area contributed by atoms with E-state index < -0.39 is 0 Å². The monoisotopic (exact) mass is 255 g/mol. The van der Waals surface area contributed by atoms with Crippen molar-refractivity contribution in [2.45, 2.75) is 6.92 Å². The lowest BCUT2D eigenvalue weighted by Crippen LogP contribution is -2.27. The summed E-state index contributed by atoms with van der Waals surface area (Å²) in [6.07, 6.45) is 0. The number of hydrogen-bond acceptors (Lipinski definition) is 4. The van der Waals surface area contributed by atoms with Gasteiger partial charge in [-0.25, -0.2) is 0 Å². The van der Waals surface area contributed by atoms with Crippen molar-refractivity contribution in [1.82, 2.24) is 0 Å². The molecule has 1 aromatic carbocycles. The van der Waals surface area contributed by atoms with Crippen molar-refractivity contribution in [1.29, 1.82) is 0 Å². The topological polar surface area (TPSA) is 38.8 Å². The van der Waals surface area contributed by atoms with Crippen LogP contribution in [0.5, 0.6) is 11.5 Å². The molecule has 0 aliphatic carbocycles. The van der Waals surface area contributed by atoms with E-state index in [2.05, 4.69) is 12.6 Å². The van der Waals surface area contributed by atoms with Crippen LogP contribution in [0, 0.1) is 6.92 Å². The molecule has 0 heterocycles. The lowest BCUT2D eigenvalue weighted by molar-refractivity contribution is -0.115. The van der Waals surface area contributed by atoms with Crippen LogP contribution < -0.4 is 14.4 Å². The Hall–Kier alpha value is -1.36. The first-order chi connectivity index (χ1) is 8.04. The predicted octanol–water partition coefficient (Wildman–Crippen LogP) is 1.90. The van der Waals surface area contributed by atoms with Gasteiger partial charge in [0.25, 0.3) is 0 Å². The second-order valence-electron chi connectivity index (χ2n) is 3.60. The van der Waals surface area contributed by atoms with Crippen LogP contribution >= 0.6 is 12.6 Å². The SMILES string of the molecule is COc1cc(N(C)C(=O)CS)c(OC)cc1C. The van der Waals surface area contributed by atoms with Gasteiger partial charge in [-0.15, -0.1) is 0 Å². The Bertz CT molecular complexity index is 420. The molecule has 94 valence electrons. The van der Waals surface area contributed by atoms with E-state index in [1.54, 1.807) is 27.3 Å². The predicted molar refractivity (Wildman–Crippen MR) is 71.5 cm³/mol. The Labute approximate surface area is 107 Å². The highest BCUT2D eigenvalue weighted by molar-refractivity contribution is 7.81. The summed E-state index contributed by atoms with van der Waals surface area (Å²) in [6.45, 7) is 1.92. The first-order valence-corrected chi connectivity index (χ1v) is 5.78. The molecule has 4 nitrogen and oxygen atoms in total. The summed E-state index contributed by atoms with van der Waals surface area (Å²) in [7, 11) is 4.86. The van der Waals surface area contributed by atoms with Crippen LogP contribution in [-0.2, 0) is 4.79 Å². The van der Waals surface area contributed by atoms with Gasteiger partial charge < -0.3 is 14.4 Å². The van der Waals surface area contributed by atoms with Crippen LogP contribution in [-0.4, -0.2) is 32.9 Å². The van der Waals surface area contributed by atoms with E-state index in [0.717, 1.165) is 11.3 Å². The van der Waals surface area contributed by atoms with Crippen molar-refractivity contribution < 1.29 is 14.3 Å². The Morgan fingerprint density at radius 3 is 2.35 bits per heavy atom. The van der Waals surface area contributed by atoms with Crippen molar-refractivity contribution in [3.63, 3.8) is 0 Å². The second-order valence-corrected chi connectivity index (χ2v) is 3.92. The van der Waals surface area contributed by atoms with Gasteiger partial charge in [0.15, 0.2) is 0 Å². The quantitative estimate of drug-likeness (QED) is 0.835. The van der Waals surface area contributed by atoms with Gasteiger partial charge in [-0.2, -0.15) is 12.6 Å². The molecular weight excluding hydrogens is 238 g/mol. The van der Waals surface area contributed by atoms with Crippen molar-refractivity contribution in [2.24, 2.45) is 0 Å². The number of nitrogens with zero attached hydrogens (tertiary/aromatic N) is 1. The minimum Gasteiger partial charge on any atom is -0.496 e. The molecule has 0 aliphatic rings. The van der Waals surface area contributed by atoms with Gasteiger partial charge in [-0.1, -0.05) is 0 Å². The smallest absolute Gasteiger partial charge is 0.236 e. The van der Waals surface area contributed by atoms with Crippen LogP contribution in [0.2, 0.25) is 0 Å². The van der Waals surface area contributed by atoms with Crippen molar-refractivity contribution in [3.8, 4) is 11.5 Å². The lowest BCUT2D eigenvalue weighted by Gasteiger charge is -2.21. The Kier molecular flexibility index (Phi) is 4.69. The van der Waals surface area contributed by atoms with Crippen LogP contribution in [0.4, 0.5) is 5.69 Å². The van der Waals surface area contributed by atoms with Gasteiger partial charge in [0.1, 0.15) is 11.5 Å². The summed E-state index contributed by atoms with van der Waals surface area (Å²) in [6, 6.07) is 3.63. The molecule has 0 saturated carbocycles. The summed E-state index contributed by atoms with van der Waals surface area (Å²) >= 11 is 3.97. The summed E-state index contributed by atoms with van der Waals surface area (Å²) in [5.41, 5.74) is 1.63. The average Bonchev–Trinajstić information content (AvgIpc) is 2.36. The lowest BCUT2D eigenvalue weighted by atomic mass is 10.1. The molecule has 0 fully saturated rings. The molecule has 0 atom stereocenters. The number of methoxy groups -OCH3 is 2. The van der Waals surface area contributed by atoms with E-state index in [4.69, 9.17) is 9.47 Å². The minimum atomic E-state index is -0.0995. The zero-order valence-electron chi connectivity index (χ0n) is 10.5. The first-order valence-electron chi connectivity index (χ1n) is 5.15. The number of amides is 1. The first kappa shape index (κ1) is 13.7. The van der Waals surface area contributed by atoms with Crippen LogP contribution in [0.1, 0.15) is 5.56 Å². The van der Waals surface area contributed by atoms with Crippen molar-refractivity contribution in [2.75, 3.05) is 31.9 Å². The highest BCUT2D eigenvalue weighted by Crippen LogP contribution is 2.34. The normalized spacial score (nSPS) is 9.94. The average molecular weight is 255 g/mol. The van der Waals surface area contributed by atoms with E-state index in [0.29, 0.717) is 11.4 Å². The largest absolute Gasteiger partial charge is 0.496 e. The highest BCUT2D eigenvalue weighted by Gasteiger charge is 2.16. The molecular formula is C12H17NO3S. The standard InChI is InChI=1S/C12H17NO3S/c1-8-5-11(16-4)9(6-10(8)15-3)13(2)12(14)7-17/h5-6,17H,7H2,1-4H3. The van der Waals surface area contributed by atoms with Gasteiger partial charge in [0.05, 0.1) is 25.7 Å². The van der Waals surface area contributed by atoms with Gasteiger partial charge in [0, 0.05) is 13.1 Å². The maximum absolute atomic E-state index is 11.6. The zero-order chi connectivity index (χ0) is 13.0. The van der Waals surface area contributed by atoms with Crippen molar-refractivity contribution in [3.05, 3.63) is 17.7 Å². The number of carbonyl (C=O) groups is 1. The molecule has 5 heteroatoms.